The van der Waals surface area contributed by atoms with Gasteiger partial charge >= 0.3 is 0 Å². The second kappa shape index (κ2) is 8.84. The molecule has 0 bridgehead atoms. The molecule has 0 fully saturated rings. The minimum absolute atomic E-state index is 0.0315. The zero-order valence-electron chi connectivity index (χ0n) is 17.4. The van der Waals surface area contributed by atoms with E-state index in [2.05, 4.69) is 35.1 Å². The Morgan fingerprint density at radius 3 is 2.64 bits per heavy atom. The van der Waals surface area contributed by atoms with Crippen LogP contribution < -0.4 is 4.90 Å². The molecule has 6 nitrogen and oxygen atoms in total. The van der Waals surface area contributed by atoms with Gasteiger partial charge < -0.3 is 4.90 Å². The van der Waals surface area contributed by atoms with Crippen molar-refractivity contribution in [2.45, 2.75) is 40.2 Å². The summed E-state index contributed by atoms with van der Waals surface area (Å²) in [4.78, 5) is 22.2. The van der Waals surface area contributed by atoms with Crippen LogP contribution in [0.4, 0.5) is 5.13 Å². The number of nitrogens with zero attached hydrogens (tertiary/aromatic N) is 5. The third-order valence-electron chi connectivity index (χ3n) is 4.73. The molecule has 3 aromatic rings. The van der Waals surface area contributed by atoms with Crippen molar-refractivity contribution in [3.8, 4) is 0 Å². The van der Waals surface area contributed by atoms with Crippen LogP contribution in [0.2, 0.25) is 0 Å². The van der Waals surface area contributed by atoms with Gasteiger partial charge in [-0.2, -0.15) is 5.10 Å². The lowest BCUT2D eigenvalue weighted by molar-refractivity contribution is 0.0975. The second-order valence-corrected chi connectivity index (χ2v) is 8.26. The molecular formula is C21H29N5OS. The lowest BCUT2D eigenvalue weighted by Gasteiger charge is -2.21. The Morgan fingerprint density at radius 2 is 1.96 bits per heavy atom. The Kier molecular flexibility index (Phi) is 6.46. The molecule has 1 amide bonds. The fraction of sp³-hybridized carbons (Fsp3) is 0.476. The number of hydrogen-bond acceptors (Lipinski definition) is 5. The van der Waals surface area contributed by atoms with Crippen molar-refractivity contribution in [1.82, 2.24) is 19.7 Å². The lowest BCUT2D eigenvalue weighted by Crippen LogP contribution is -2.34. The van der Waals surface area contributed by atoms with E-state index in [-0.39, 0.29) is 5.91 Å². The van der Waals surface area contributed by atoms with Crippen LogP contribution in [-0.2, 0) is 13.0 Å². The van der Waals surface area contributed by atoms with E-state index in [9.17, 15) is 4.79 Å². The summed E-state index contributed by atoms with van der Waals surface area (Å²) in [7, 11) is 4.09. The van der Waals surface area contributed by atoms with E-state index in [1.165, 1.54) is 5.56 Å². The summed E-state index contributed by atoms with van der Waals surface area (Å²) in [5, 5.41) is 5.20. The average Bonchev–Trinajstić information content (AvgIpc) is 3.26. The molecule has 28 heavy (non-hydrogen) atoms. The van der Waals surface area contributed by atoms with Crippen LogP contribution in [0.1, 0.15) is 42.0 Å². The minimum atomic E-state index is -0.0315. The Labute approximate surface area is 170 Å². The van der Waals surface area contributed by atoms with E-state index in [0.29, 0.717) is 18.8 Å². The third kappa shape index (κ3) is 4.42. The predicted molar refractivity (Wildman–Crippen MR) is 116 cm³/mol. The smallest absolute Gasteiger partial charge is 0.278 e. The Hall–Kier alpha value is -2.25. The number of carbonyl (C=O) groups excluding carboxylic acids is 1. The maximum absolute atomic E-state index is 13.4. The normalized spacial score (nSPS) is 11.5. The summed E-state index contributed by atoms with van der Waals surface area (Å²) in [6.45, 7) is 8.29. The molecule has 2 aromatic heterocycles. The summed E-state index contributed by atoms with van der Waals surface area (Å²) in [6.07, 6.45) is 1.87. The van der Waals surface area contributed by atoms with Gasteiger partial charge in [0.05, 0.1) is 15.9 Å². The van der Waals surface area contributed by atoms with E-state index in [1.54, 1.807) is 16.0 Å². The van der Waals surface area contributed by atoms with Crippen molar-refractivity contribution in [1.29, 1.82) is 0 Å². The number of benzene rings is 1. The highest BCUT2D eigenvalue weighted by Crippen LogP contribution is 2.31. The summed E-state index contributed by atoms with van der Waals surface area (Å²) in [5.41, 5.74) is 3.71. The Bertz CT molecular complexity index is 959. The predicted octanol–water partition coefficient (Wildman–Crippen LogP) is 3.98. The Morgan fingerprint density at radius 1 is 1.18 bits per heavy atom. The first-order valence-electron chi connectivity index (χ1n) is 9.83. The number of carbonyl (C=O) groups is 1. The summed E-state index contributed by atoms with van der Waals surface area (Å²) in [6, 6.07) is 8.21. The standard InChI is InChI=1S/C21H29N5OS/c1-6-16-9-10-17-19(14-16)28-21(22-17)25(12-8-11-24(4)5)20(27)18-13-15(3)23-26(18)7-2/h9-10,13-14H,6-8,11-12H2,1-5H3. The summed E-state index contributed by atoms with van der Waals surface area (Å²) < 4.78 is 2.90. The van der Waals surface area contributed by atoms with Gasteiger partial charge in [-0.25, -0.2) is 4.98 Å². The van der Waals surface area contributed by atoms with E-state index in [0.717, 1.165) is 40.4 Å². The molecule has 0 aliphatic carbocycles. The van der Waals surface area contributed by atoms with Gasteiger partial charge in [-0.05, 0) is 71.1 Å². The number of amides is 1. The number of fused-ring (bicyclic) bond motifs is 1. The van der Waals surface area contributed by atoms with Gasteiger partial charge in [0.1, 0.15) is 5.69 Å². The lowest BCUT2D eigenvalue weighted by atomic mass is 10.2. The zero-order chi connectivity index (χ0) is 20.3. The molecular weight excluding hydrogens is 370 g/mol. The fourth-order valence-corrected chi connectivity index (χ4v) is 4.27. The van der Waals surface area contributed by atoms with Gasteiger partial charge in [-0.3, -0.25) is 14.4 Å². The van der Waals surface area contributed by atoms with Crippen LogP contribution in [0.3, 0.4) is 0 Å². The molecule has 3 rings (SSSR count). The number of thiazole rings is 1. The number of aromatic nitrogens is 3. The maximum Gasteiger partial charge on any atom is 0.278 e. The molecule has 0 aliphatic rings. The van der Waals surface area contributed by atoms with Crippen LogP contribution in [0, 0.1) is 6.92 Å². The SMILES string of the molecule is CCc1ccc2nc(N(CCCN(C)C)C(=O)c3cc(C)nn3CC)sc2c1. The molecule has 2 heterocycles. The molecule has 150 valence electrons. The average molecular weight is 400 g/mol. The van der Waals surface area contributed by atoms with Crippen LogP contribution in [-0.4, -0.2) is 52.8 Å². The van der Waals surface area contributed by atoms with Crippen molar-refractivity contribution in [2.24, 2.45) is 0 Å². The third-order valence-corrected chi connectivity index (χ3v) is 5.77. The summed E-state index contributed by atoms with van der Waals surface area (Å²) in [5.74, 6) is -0.0315. The van der Waals surface area contributed by atoms with Gasteiger partial charge in [0.15, 0.2) is 5.13 Å². The highest BCUT2D eigenvalue weighted by atomic mass is 32.1. The summed E-state index contributed by atoms with van der Waals surface area (Å²) >= 11 is 1.59. The number of hydrogen-bond donors (Lipinski definition) is 0. The van der Waals surface area contributed by atoms with Crippen molar-refractivity contribution in [2.75, 3.05) is 32.1 Å². The monoisotopic (exact) mass is 399 g/mol. The highest BCUT2D eigenvalue weighted by Gasteiger charge is 2.24. The van der Waals surface area contributed by atoms with Crippen molar-refractivity contribution in [3.63, 3.8) is 0 Å². The first-order valence-corrected chi connectivity index (χ1v) is 10.6. The van der Waals surface area contributed by atoms with E-state index in [4.69, 9.17) is 4.98 Å². The Balaban J connectivity index is 1.97. The molecule has 7 heteroatoms. The van der Waals surface area contributed by atoms with Crippen molar-refractivity contribution in [3.05, 3.63) is 41.2 Å². The van der Waals surface area contributed by atoms with Gasteiger partial charge in [-0.15, -0.1) is 0 Å². The number of anilines is 1. The topological polar surface area (TPSA) is 54.3 Å². The van der Waals surface area contributed by atoms with Crippen LogP contribution in [0.25, 0.3) is 10.2 Å². The number of rotatable bonds is 8. The minimum Gasteiger partial charge on any atom is -0.309 e. The molecule has 0 atom stereocenters. The first kappa shape index (κ1) is 20.5. The van der Waals surface area contributed by atoms with E-state index in [1.807, 2.05) is 38.9 Å². The van der Waals surface area contributed by atoms with Crippen LogP contribution in [0.5, 0.6) is 0 Å². The molecule has 0 unspecified atom stereocenters. The molecule has 1 aromatic carbocycles. The molecule has 0 N–H and O–H groups in total. The van der Waals surface area contributed by atoms with Crippen molar-refractivity contribution >= 4 is 32.6 Å². The first-order chi connectivity index (χ1) is 13.4. The largest absolute Gasteiger partial charge is 0.309 e. The van der Waals surface area contributed by atoms with E-state index >= 15 is 0 Å². The maximum atomic E-state index is 13.4. The molecule has 0 saturated carbocycles. The van der Waals surface area contributed by atoms with Gasteiger partial charge in [-0.1, -0.05) is 24.3 Å². The van der Waals surface area contributed by atoms with Gasteiger partial charge in [0.25, 0.3) is 5.91 Å². The molecule has 0 aliphatic heterocycles. The van der Waals surface area contributed by atoms with Crippen molar-refractivity contribution < 1.29 is 4.79 Å². The number of aryl methyl sites for hydroxylation is 3. The van der Waals surface area contributed by atoms with Crippen LogP contribution in [0.15, 0.2) is 24.3 Å². The van der Waals surface area contributed by atoms with Crippen LogP contribution >= 0.6 is 11.3 Å². The second-order valence-electron chi connectivity index (χ2n) is 7.25. The van der Waals surface area contributed by atoms with Gasteiger partial charge in [0.2, 0.25) is 0 Å². The van der Waals surface area contributed by atoms with Gasteiger partial charge in [0, 0.05) is 13.1 Å². The molecule has 0 spiro atoms. The molecule has 0 radical (unpaired) electrons. The quantitative estimate of drug-likeness (QED) is 0.575. The fourth-order valence-electron chi connectivity index (χ4n) is 3.22. The zero-order valence-corrected chi connectivity index (χ0v) is 18.2. The van der Waals surface area contributed by atoms with E-state index < -0.39 is 0 Å². The molecule has 0 saturated heterocycles. The highest BCUT2D eigenvalue weighted by molar-refractivity contribution is 7.22.